The van der Waals surface area contributed by atoms with Crippen LogP contribution in [-0.4, -0.2) is 37.6 Å². The van der Waals surface area contributed by atoms with Crippen molar-refractivity contribution in [2.45, 2.75) is 13.0 Å². The number of H-pyrrole nitrogens is 1. The number of benzene rings is 3. The van der Waals surface area contributed by atoms with Crippen molar-refractivity contribution in [1.29, 1.82) is 0 Å². The third-order valence-corrected chi connectivity index (χ3v) is 6.15. The van der Waals surface area contributed by atoms with Crippen LogP contribution in [0.3, 0.4) is 0 Å². The topological polar surface area (TPSA) is 83.7 Å². The third-order valence-electron chi connectivity index (χ3n) is 6.15. The lowest BCUT2D eigenvalue weighted by Crippen LogP contribution is -2.29. The number of methoxy groups -OCH3 is 2. The van der Waals surface area contributed by atoms with E-state index in [2.05, 4.69) is 10.3 Å². The van der Waals surface area contributed by atoms with Crippen LogP contribution < -0.4 is 19.7 Å². The number of nitrogens with one attached hydrogen (secondary N) is 2. The first-order valence-electron chi connectivity index (χ1n) is 11.1. The van der Waals surface area contributed by atoms with E-state index in [1.807, 2.05) is 42.5 Å². The van der Waals surface area contributed by atoms with E-state index in [1.54, 1.807) is 43.4 Å². The second kappa shape index (κ2) is 8.94. The average molecular weight is 456 g/mol. The van der Waals surface area contributed by atoms with Crippen molar-refractivity contribution in [3.8, 4) is 11.5 Å². The molecule has 2 amide bonds. The van der Waals surface area contributed by atoms with Gasteiger partial charge in [-0.25, -0.2) is 0 Å². The Morgan fingerprint density at radius 2 is 1.71 bits per heavy atom. The minimum atomic E-state index is -0.193. The van der Waals surface area contributed by atoms with Gasteiger partial charge in [-0.2, -0.15) is 0 Å². The van der Waals surface area contributed by atoms with Crippen molar-refractivity contribution in [3.63, 3.8) is 0 Å². The molecule has 34 heavy (non-hydrogen) atoms. The summed E-state index contributed by atoms with van der Waals surface area (Å²) < 4.78 is 10.4. The van der Waals surface area contributed by atoms with Gasteiger partial charge in [0, 0.05) is 41.3 Å². The first kappa shape index (κ1) is 21.6. The number of hydrogen-bond acceptors (Lipinski definition) is 4. The lowest BCUT2D eigenvalue weighted by Gasteiger charge is -2.18. The van der Waals surface area contributed by atoms with Gasteiger partial charge >= 0.3 is 0 Å². The molecule has 1 aliphatic rings. The number of aromatic nitrogens is 1. The van der Waals surface area contributed by atoms with Crippen molar-refractivity contribution in [3.05, 3.63) is 89.1 Å². The number of nitrogens with zero attached hydrogens (tertiary/aromatic N) is 1. The minimum Gasteiger partial charge on any atom is -0.497 e. The second-order valence-corrected chi connectivity index (χ2v) is 8.22. The number of rotatable bonds is 6. The van der Waals surface area contributed by atoms with Crippen LogP contribution in [0, 0.1) is 0 Å². The third kappa shape index (κ3) is 4.08. The number of anilines is 1. The highest BCUT2D eigenvalue weighted by Gasteiger charge is 2.26. The maximum absolute atomic E-state index is 13.1. The van der Waals surface area contributed by atoms with Crippen molar-refractivity contribution in [2.24, 2.45) is 0 Å². The first-order valence-corrected chi connectivity index (χ1v) is 11.1. The summed E-state index contributed by atoms with van der Waals surface area (Å²) in [6, 6.07) is 20.6. The van der Waals surface area contributed by atoms with Gasteiger partial charge in [0.05, 0.1) is 14.2 Å². The van der Waals surface area contributed by atoms with E-state index in [0.717, 1.165) is 39.9 Å². The predicted octanol–water partition coefficient (Wildman–Crippen LogP) is 4.32. The molecule has 0 unspecified atom stereocenters. The lowest BCUT2D eigenvalue weighted by molar-refractivity contribution is 0.0945. The first-order chi connectivity index (χ1) is 16.6. The molecule has 0 fully saturated rings. The van der Waals surface area contributed by atoms with Crippen LogP contribution in [-0.2, 0) is 13.0 Å². The zero-order valence-corrected chi connectivity index (χ0v) is 19.1. The quantitative estimate of drug-likeness (QED) is 0.454. The molecule has 2 heterocycles. The maximum atomic E-state index is 13.1. The zero-order valence-electron chi connectivity index (χ0n) is 19.1. The van der Waals surface area contributed by atoms with E-state index >= 15 is 0 Å². The molecule has 5 rings (SSSR count). The molecule has 1 aliphatic heterocycles. The molecule has 0 saturated heterocycles. The minimum absolute atomic E-state index is 0.0453. The summed E-state index contributed by atoms with van der Waals surface area (Å²) in [5, 5.41) is 3.91. The van der Waals surface area contributed by atoms with Crippen molar-refractivity contribution >= 4 is 28.4 Å². The van der Waals surface area contributed by atoms with Crippen LogP contribution in [0.5, 0.6) is 11.5 Å². The van der Waals surface area contributed by atoms with Crippen LogP contribution in [0.4, 0.5) is 5.69 Å². The molecular weight excluding hydrogens is 430 g/mol. The number of amides is 2. The number of carbonyl (C=O) groups is 2. The molecule has 0 atom stereocenters. The normalized spacial score (nSPS) is 12.5. The van der Waals surface area contributed by atoms with E-state index < -0.39 is 0 Å². The van der Waals surface area contributed by atoms with E-state index in [9.17, 15) is 9.59 Å². The summed E-state index contributed by atoms with van der Waals surface area (Å²) >= 11 is 0. The van der Waals surface area contributed by atoms with Crippen molar-refractivity contribution in [2.75, 3.05) is 25.7 Å². The van der Waals surface area contributed by atoms with Crippen LogP contribution in [0.15, 0.2) is 66.7 Å². The molecule has 2 N–H and O–H groups in total. The lowest BCUT2D eigenvalue weighted by atomic mass is 10.1. The number of fused-ring (bicyclic) bond motifs is 2. The summed E-state index contributed by atoms with van der Waals surface area (Å²) in [6.45, 7) is 0.990. The van der Waals surface area contributed by atoms with E-state index in [4.69, 9.17) is 9.47 Å². The Bertz CT molecular complexity index is 1370. The van der Waals surface area contributed by atoms with Gasteiger partial charge in [0.25, 0.3) is 11.8 Å². The Kier molecular flexibility index (Phi) is 5.67. The fourth-order valence-corrected chi connectivity index (χ4v) is 4.27. The van der Waals surface area contributed by atoms with Gasteiger partial charge < -0.3 is 24.7 Å². The maximum Gasteiger partial charge on any atom is 0.267 e. The van der Waals surface area contributed by atoms with Crippen molar-refractivity contribution in [1.82, 2.24) is 10.3 Å². The fraction of sp³-hybridized carbons (Fsp3) is 0.185. The summed E-state index contributed by atoms with van der Waals surface area (Å²) in [5.74, 6) is 1.21. The van der Waals surface area contributed by atoms with Gasteiger partial charge in [-0.1, -0.05) is 12.1 Å². The molecule has 1 aromatic heterocycles. The van der Waals surface area contributed by atoms with Crippen molar-refractivity contribution < 1.29 is 19.1 Å². The molecule has 0 bridgehead atoms. The van der Waals surface area contributed by atoms with Gasteiger partial charge in [-0.3, -0.25) is 9.59 Å². The molecule has 7 nitrogen and oxygen atoms in total. The van der Waals surface area contributed by atoms with Crippen LogP contribution >= 0.6 is 0 Å². The number of aromatic amines is 1. The zero-order chi connectivity index (χ0) is 23.7. The van der Waals surface area contributed by atoms with Crippen LogP contribution in [0.1, 0.15) is 32.0 Å². The highest BCUT2D eigenvalue weighted by Crippen LogP contribution is 2.31. The van der Waals surface area contributed by atoms with E-state index in [1.165, 1.54) is 0 Å². The Labute approximate surface area is 197 Å². The molecule has 0 radical (unpaired) electrons. The smallest absolute Gasteiger partial charge is 0.267 e. The van der Waals surface area contributed by atoms with Gasteiger partial charge in [0.1, 0.15) is 17.2 Å². The largest absolute Gasteiger partial charge is 0.497 e. The number of ether oxygens (including phenoxy) is 2. The Morgan fingerprint density at radius 3 is 2.47 bits per heavy atom. The summed E-state index contributed by atoms with van der Waals surface area (Å²) in [4.78, 5) is 30.8. The fourth-order valence-electron chi connectivity index (χ4n) is 4.27. The Balaban J connectivity index is 1.29. The summed E-state index contributed by atoms with van der Waals surface area (Å²) in [6.07, 6.45) is 0.808. The molecule has 7 heteroatoms. The summed E-state index contributed by atoms with van der Waals surface area (Å²) in [5.41, 5.74) is 4.89. The van der Waals surface area contributed by atoms with Crippen LogP contribution in [0.25, 0.3) is 10.9 Å². The monoisotopic (exact) mass is 455 g/mol. The van der Waals surface area contributed by atoms with Crippen LogP contribution in [0.2, 0.25) is 0 Å². The van der Waals surface area contributed by atoms with Gasteiger partial charge in [0.15, 0.2) is 0 Å². The molecular formula is C27H25N3O4. The Morgan fingerprint density at radius 1 is 0.941 bits per heavy atom. The SMILES string of the molecule is COc1ccc(C(=O)N2CCc3ccc(CNC(=O)c4cc5ccc(OC)cc5[nH]4)cc32)cc1. The highest BCUT2D eigenvalue weighted by molar-refractivity contribution is 6.07. The number of carbonyl (C=O) groups excluding carboxylic acids is 2. The molecule has 3 aromatic carbocycles. The molecule has 172 valence electrons. The second-order valence-electron chi connectivity index (χ2n) is 8.22. The number of hydrogen-bond donors (Lipinski definition) is 2. The van der Waals surface area contributed by atoms with E-state index in [-0.39, 0.29) is 11.8 Å². The molecule has 4 aromatic rings. The van der Waals surface area contributed by atoms with Gasteiger partial charge in [0.2, 0.25) is 0 Å². The molecule has 0 aliphatic carbocycles. The highest BCUT2D eigenvalue weighted by atomic mass is 16.5. The average Bonchev–Trinajstić information content (AvgIpc) is 3.50. The van der Waals surface area contributed by atoms with Gasteiger partial charge in [-0.05, 0) is 66.1 Å². The Hall–Kier alpha value is -4.26. The molecule has 0 saturated carbocycles. The van der Waals surface area contributed by atoms with E-state index in [0.29, 0.717) is 30.1 Å². The summed E-state index contributed by atoms with van der Waals surface area (Å²) in [7, 11) is 3.21. The standard InChI is InChI=1S/C27H25N3O4/c1-33-21-8-5-19(6-9-21)27(32)30-12-11-18-4-3-17(13-25(18)30)16-28-26(31)24-14-20-7-10-22(34-2)15-23(20)29-24/h3-10,13-15,29H,11-12,16H2,1-2H3,(H,28,31). The molecule has 0 spiro atoms. The predicted molar refractivity (Wildman–Crippen MR) is 131 cm³/mol. The van der Waals surface area contributed by atoms with Gasteiger partial charge in [-0.15, -0.1) is 0 Å².